The number of rotatable bonds is 10. The van der Waals surface area contributed by atoms with Crippen LogP contribution in [-0.4, -0.2) is 50.0 Å². The number of amides is 2. The van der Waals surface area contributed by atoms with Crippen molar-refractivity contribution in [2.45, 2.75) is 36.9 Å². The third-order valence-corrected chi connectivity index (χ3v) is 7.80. The summed E-state index contributed by atoms with van der Waals surface area (Å²) < 4.78 is 39.2. The number of carbonyl (C=O) groups is 2. The van der Waals surface area contributed by atoms with Crippen molar-refractivity contribution in [3.63, 3.8) is 0 Å². The van der Waals surface area contributed by atoms with Crippen molar-refractivity contribution >= 4 is 39.7 Å². The number of ether oxygens (including phenoxy) is 1. The van der Waals surface area contributed by atoms with Crippen molar-refractivity contribution in [2.24, 2.45) is 5.10 Å². The first-order valence-corrected chi connectivity index (χ1v) is 13.7. The van der Waals surface area contributed by atoms with Gasteiger partial charge in [-0.25, -0.2) is 13.8 Å². The topological polar surface area (TPSA) is 130 Å². The molecule has 2 N–H and O–H groups in total. The summed E-state index contributed by atoms with van der Waals surface area (Å²) in [5, 5.41) is 6.81. The van der Waals surface area contributed by atoms with Gasteiger partial charge in [0.1, 0.15) is 11.5 Å². The van der Waals surface area contributed by atoms with Crippen molar-refractivity contribution in [3.05, 3.63) is 88.8 Å². The zero-order chi connectivity index (χ0) is 27.0. The van der Waals surface area contributed by atoms with Gasteiger partial charge < -0.3 is 14.5 Å². The Kier molecular flexibility index (Phi) is 9.29. The maximum atomic E-state index is 13.4. The molecule has 0 unspecified atom stereocenters. The Labute approximate surface area is 225 Å². The van der Waals surface area contributed by atoms with Crippen LogP contribution in [-0.2, 0) is 37.4 Å². The van der Waals surface area contributed by atoms with Gasteiger partial charge in [-0.1, -0.05) is 41.9 Å². The number of nitrogens with one attached hydrogen (secondary N) is 2. The van der Waals surface area contributed by atoms with E-state index in [1.54, 1.807) is 54.6 Å². The van der Waals surface area contributed by atoms with Gasteiger partial charge in [0, 0.05) is 24.7 Å². The molecule has 3 aromatic rings. The number of benzene rings is 2. The lowest BCUT2D eigenvalue weighted by molar-refractivity contribution is -0.139. The van der Waals surface area contributed by atoms with Gasteiger partial charge in [0.25, 0.3) is 0 Å². The van der Waals surface area contributed by atoms with E-state index in [4.69, 9.17) is 20.8 Å². The van der Waals surface area contributed by atoms with E-state index in [2.05, 4.69) is 15.8 Å². The lowest BCUT2D eigenvalue weighted by Crippen LogP contribution is -2.41. The molecule has 4 rings (SSSR count). The summed E-state index contributed by atoms with van der Waals surface area (Å²) >= 11 is 5.97. The van der Waals surface area contributed by atoms with Gasteiger partial charge >= 0.3 is 11.8 Å². The summed E-state index contributed by atoms with van der Waals surface area (Å²) in [6.07, 6.45) is 2.91. The van der Waals surface area contributed by atoms with E-state index in [9.17, 15) is 18.0 Å². The Morgan fingerprint density at radius 1 is 1.03 bits per heavy atom. The SMILES string of the molecule is O=C(NC[C@H]1CCCO1)C(=O)N/N=C/c1ccc(CN(Cc2ccc(Cl)cc2)S(=O)(=O)c2ccccc2)o1. The fraction of sp³-hybridized carbons (Fsp3) is 0.269. The molecule has 1 saturated heterocycles. The molecule has 10 nitrogen and oxygen atoms in total. The van der Waals surface area contributed by atoms with E-state index in [0.717, 1.165) is 18.4 Å². The fourth-order valence-electron chi connectivity index (χ4n) is 3.78. The highest BCUT2D eigenvalue weighted by atomic mass is 35.5. The van der Waals surface area contributed by atoms with Gasteiger partial charge in [-0.2, -0.15) is 9.41 Å². The molecule has 38 heavy (non-hydrogen) atoms. The molecule has 1 aliphatic heterocycles. The molecule has 1 atom stereocenters. The number of hydrogen-bond acceptors (Lipinski definition) is 7. The number of halogens is 1. The van der Waals surface area contributed by atoms with Crippen LogP contribution in [0.1, 0.15) is 29.9 Å². The fourth-order valence-corrected chi connectivity index (χ4v) is 5.32. The number of carbonyl (C=O) groups excluding carboxylic acids is 2. The summed E-state index contributed by atoms with van der Waals surface area (Å²) in [5.41, 5.74) is 2.89. The van der Waals surface area contributed by atoms with Crippen LogP contribution in [0.25, 0.3) is 0 Å². The van der Waals surface area contributed by atoms with Gasteiger partial charge in [0.05, 0.1) is 23.8 Å². The molecule has 200 valence electrons. The van der Waals surface area contributed by atoms with Gasteiger partial charge in [0.15, 0.2) is 0 Å². The second-order valence-electron chi connectivity index (χ2n) is 8.56. The predicted octanol–water partition coefficient (Wildman–Crippen LogP) is 3.07. The molecular weight excluding hydrogens is 532 g/mol. The Hall–Kier alpha value is -3.51. The maximum absolute atomic E-state index is 13.4. The van der Waals surface area contributed by atoms with Gasteiger partial charge in [0.2, 0.25) is 10.0 Å². The average molecular weight is 559 g/mol. The number of hydrogen-bond donors (Lipinski definition) is 2. The molecule has 1 aliphatic rings. The largest absolute Gasteiger partial charge is 0.459 e. The highest BCUT2D eigenvalue weighted by Crippen LogP contribution is 2.22. The quantitative estimate of drug-likeness (QED) is 0.223. The van der Waals surface area contributed by atoms with Crippen LogP contribution in [0, 0.1) is 0 Å². The summed E-state index contributed by atoms with van der Waals surface area (Å²) in [6.45, 7) is 0.955. The van der Waals surface area contributed by atoms with Crippen molar-refractivity contribution in [2.75, 3.05) is 13.2 Å². The Morgan fingerprint density at radius 2 is 1.79 bits per heavy atom. The first-order valence-electron chi connectivity index (χ1n) is 11.9. The van der Waals surface area contributed by atoms with E-state index in [-0.39, 0.29) is 36.4 Å². The molecule has 1 aromatic heterocycles. The zero-order valence-corrected chi connectivity index (χ0v) is 22.0. The van der Waals surface area contributed by atoms with Crippen LogP contribution < -0.4 is 10.7 Å². The average Bonchev–Trinajstić information content (AvgIpc) is 3.61. The Bertz CT molecular complexity index is 1370. The molecule has 0 aliphatic carbocycles. The van der Waals surface area contributed by atoms with E-state index in [1.807, 2.05) is 0 Å². The predicted molar refractivity (Wildman–Crippen MR) is 141 cm³/mol. The van der Waals surface area contributed by atoms with Gasteiger partial charge in [-0.05, 0) is 54.8 Å². The minimum absolute atomic E-state index is 0.0499. The van der Waals surface area contributed by atoms with E-state index in [0.29, 0.717) is 17.4 Å². The molecular formula is C26H27ClN4O6S. The molecule has 2 aromatic carbocycles. The summed E-state index contributed by atoms with van der Waals surface area (Å²) in [4.78, 5) is 24.0. The minimum Gasteiger partial charge on any atom is -0.459 e. The molecule has 1 fully saturated rings. The molecule has 2 heterocycles. The maximum Gasteiger partial charge on any atom is 0.329 e. The highest BCUT2D eigenvalue weighted by molar-refractivity contribution is 7.89. The summed E-state index contributed by atoms with van der Waals surface area (Å²) in [7, 11) is -3.85. The standard InChI is InChI=1S/C26H27ClN4O6S/c27-20-10-8-19(9-11-20)17-31(38(34,35)24-6-2-1-3-7-24)18-23-13-12-22(37-23)16-29-30-26(33)25(32)28-15-21-5-4-14-36-21/h1-3,6-13,16,21H,4-5,14-15,17-18H2,(H,28,32)(H,30,33)/b29-16+/t21-/m1/s1. The first-order chi connectivity index (χ1) is 18.3. The smallest absolute Gasteiger partial charge is 0.329 e. The van der Waals surface area contributed by atoms with E-state index in [1.165, 1.54) is 22.7 Å². The molecule has 2 amide bonds. The monoisotopic (exact) mass is 558 g/mol. The summed E-state index contributed by atoms with van der Waals surface area (Å²) in [6, 6.07) is 18.2. The van der Waals surface area contributed by atoms with Crippen LogP contribution in [0.3, 0.4) is 0 Å². The van der Waals surface area contributed by atoms with E-state index < -0.39 is 21.8 Å². The highest BCUT2D eigenvalue weighted by Gasteiger charge is 2.26. The number of nitrogens with zero attached hydrogens (tertiary/aromatic N) is 2. The third-order valence-electron chi connectivity index (χ3n) is 5.75. The van der Waals surface area contributed by atoms with Gasteiger partial charge in [-0.3, -0.25) is 9.59 Å². The van der Waals surface area contributed by atoms with Crippen LogP contribution >= 0.6 is 11.6 Å². The van der Waals surface area contributed by atoms with Crippen molar-refractivity contribution in [3.8, 4) is 0 Å². The zero-order valence-electron chi connectivity index (χ0n) is 20.4. The lowest BCUT2D eigenvalue weighted by Gasteiger charge is -2.21. The van der Waals surface area contributed by atoms with Crippen LogP contribution in [0.2, 0.25) is 5.02 Å². The Morgan fingerprint density at radius 3 is 2.50 bits per heavy atom. The van der Waals surface area contributed by atoms with Crippen molar-refractivity contribution in [1.82, 2.24) is 15.0 Å². The minimum atomic E-state index is -3.85. The Balaban J connectivity index is 1.39. The van der Waals surface area contributed by atoms with Crippen molar-refractivity contribution in [1.29, 1.82) is 0 Å². The lowest BCUT2D eigenvalue weighted by atomic mass is 10.2. The number of sulfonamides is 1. The van der Waals surface area contributed by atoms with Crippen LogP contribution in [0.4, 0.5) is 0 Å². The van der Waals surface area contributed by atoms with Crippen molar-refractivity contribution < 1.29 is 27.2 Å². The van der Waals surface area contributed by atoms with Gasteiger partial charge in [-0.15, -0.1) is 0 Å². The molecule has 0 saturated carbocycles. The van der Waals surface area contributed by atoms with Crippen LogP contribution in [0.15, 0.2) is 81.1 Å². The number of furan rings is 1. The van der Waals surface area contributed by atoms with E-state index >= 15 is 0 Å². The van der Waals surface area contributed by atoms with Crippen LogP contribution in [0.5, 0.6) is 0 Å². The second kappa shape index (κ2) is 12.8. The summed E-state index contributed by atoms with van der Waals surface area (Å²) in [5.74, 6) is -1.11. The molecule has 0 bridgehead atoms. The second-order valence-corrected chi connectivity index (χ2v) is 10.9. The molecule has 12 heteroatoms. The molecule has 0 radical (unpaired) electrons. The number of hydrazone groups is 1. The molecule has 0 spiro atoms. The third kappa shape index (κ3) is 7.51. The normalized spacial score (nSPS) is 15.7. The first kappa shape index (κ1) is 27.5.